The second kappa shape index (κ2) is 9.56. The fraction of sp³-hybridized carbons (Fsp3) is 0.391. The fourth-order valence-electron chi connectivity index (χ4n) is 3.79. The number of amides is 2. The molecule has 0 saturated carbocycles. The second-order valence-corrected chi connectivity index (χ2v) is 8.67. The predicted molar refractivity (Wildman–Crippen MR) is 118 cm³/mol. The Hall–Kier alpha value is -3.13. The van der Waals surface area contributed by atoms with Crippen LogP contribution < -0.4 is 5.32 Å². The van der Waals surface area contributed by atoms with E-state index in [1.807, 2.05) is 26.0 Å². The fourth-order valence-corrected chi connectivity index (χ4v) is 3.92. The van der Waals surface area contributed by atoms with Gasteiger partial charge in [-0.15, -0.1) is 0 Å². The molecular formula is C23H25ClN4O4. The summed E-state index contributed by atoms with van der Waals surface area (Å²) in [5.41, 5.74) is 0.837. The summed E-state index contributed by atoms with van der Waals surface area (Å²) in [4.78, 5) is 31.8. The van der Waals surface area contributed by atoms with Gasteiger partial charge in [-0.1, -0.05) is 30.6 Å². The van der Waals surface area contributed by atoms with Gasteiger partial charge in [0.2, 0.25) is 17.6 Å². The van der Waals surface area contributed by atoms with Crippen LogP contribution in [0.4, 0.5) is 0 Å². The summed E-state index contributed by atoms with van der Waals surface area (Å²) in [6.07, 6.45) is 2.86. The minimum absolute atomic E-state index is 0.0583. The lowest BCUT2D eigenvalue weighted by Crippen LogP contribution is -2.52. The lowest BCUT2D eigenvalue weighted by Gasteiger charge is -2.34. The Labute approximate surface area is 190 Å². The Morgan fingerprint density at radius 2 is 1.88 bits per heavy atom. The van der Waals surface area contributed by atoms with E-state index in [0.717, 1.165) is 5.56 Å². The van der Waals surface area contributed by atoms with E-state index >= 15 is 0 Å². The largest absolute Gasteiger partial charge is 0.459 e. The van der Waals surface area contributed by atoms with Crippen molar-refractivity contribution < 1.29 is 18.5 Å². The Kier molecular flexibility index (Phi) is 6.60. The number of likely N-dealkylation sites (tertiary alicyclic amines) is 1. The van der Waals surface area contributed by atoms with Crippen LogP contribution in [0, 0.1) is 5.92 Å². The van der Waals surface area contributed by atoms with Gasteiger partial charge >= 0.3 is 0 Å². The third kappa shape index (κ3) is 4.85. The van der Waals surface area contributed by atoms with Crippen molar-refractivity contribution in [3.05, 3.63) is 59.3 Å². The molecule has 1 aromatic carbocycles. The third-order valence-corrected chi connectivity index (χ3v) is 5.92. The first kappa shape index (κ1) is 22.1. The van der Waals surface area contributed by atoms with Gasteiger partial charge in [-0.05, 0) is 55.2 Å². The maximum Gasteiger partial charge on any atom is 0.287 e. The molecule has 0 bridgehead atoms. The lowest BCUT2D eigenvalue weighted by atomic mass is 9.95. The maximum absolute atomic E-state index is 13.1. The first-order valence-corrected chi connectivity index (χ1v) is 11.0. The number of nitrogens with zero attached hydrogens (tertiary/aromatic N) is 3. The van der Waals surface area contributed by atoms with E-state index in [-0.39, 0.29) is 23.5 Å². The summed E-state index contributed by atoms with van der Waals surface area (Å²) >= 11 is 5.94. The van der Waals surface area contributed by atoms with Gasteiger partial charge in [0.1, 0.15) is 6.04 Å². The second-order valence-electron chi connectivity index (χ2n) is 8.24. The smallest absolute Gasteiger partial charge is 0.287 e. The molecule has 168 valence electrons. The summed E-state index contributed by atoms with van der Waals surface area (Å²) in [6, 6.07) is 9.86. The SMILES string of the molecule is CC(C)[C@H](NC(=O)c1ccco1)C(=O)N1CCC(c2nc(-c3ccc(Cl)cc3)no2)CC1. The zero-order valence-corrected chi connectivity index (χ0v) is 18.7. The maximum atomic E-state index is 13.1. The molecule has 0 spiro atoms. The van der Waals surface area contributed by atoms with Crippen LogP contribution in [0.15, 0.2) is 51.6 Å². The molecule has 8 nitrogen and oxygen atoms in total. The highest BCUT2D eigenvalue weighted by atomic mass is 35.5. The number of hydrogen-bond donors (Lipinski definition) is 1. The molecule has 1 saturated heterocycles. The van der Waals surface area contributed by atoms with Crippen LogP contribution in [0.3, 0.4) is 0 Å². The van der Waals surface area contributed by atoms with E-state index in [9.17, 15) is 9.59 Å². The van der Waals surface area contributed by atoms with Crippen molar-refractivity contribution in [2.75, 3.05) is 13.1 Å². The van der Waals surface area contributed by atoms with Gasteiger partial charge in [-0.25, -0.2) is 0 Å². The minimum atomic E-state index is -0.621. The minimum Gasteiger partial charge on any atom is -0.459 e. The molecule has 32 heavy (non-hydrogen) atoms. The number of rotatable bonds is 6. The third-order valence-electron chi connectivity index (χ3n) is 5.66. The van der Waals surface area contributed by atoms with Crippen molar-refractivity contribution in [1.29, 1.82) is 0 Å². The molecule has 9 heteroatoms. The molecule has 0 radical (unpaired) electrons. The van der Waals surface area contributed by atoms with Gasteiger partial charge in [-0.2, -0.15) is 4.98 Å². The predicted octanol–water partition coefficient (Wildman–Crippen LogP) is 4.14. The molecule has 0 unspecified atom stereocenters. The highest BCUT2D eigenvalue weighted by Crippen LogP contribution is 2.29. The van der Waals surface area contributed by atoms with Gasteiger partial charge in [0, 0.05) is 29.6 Å². The first-order chi connectivity index (χ1) is 15.4. The number of carbonyl (C=O) groups is 2. The molecule has 1 fully saturated rings. The number of benzene rings is 1. The summed E-state index contributed by atoms with van der Waals surface area (Å²) in [6.45, 7) is 4.94. The average molecular weight is 457 g/mol. The number of halogens is 1. The zero-order chi connectivity index (χ0) is 22.7. The van der Waals surface area contributed by atoms with Crippen LogP contribution in [0.25, 0.3) is 11.4 Å². The molecule has 1 aliphatic rings. The summed E-state index contributed by atoms with van der Waals surface area (Å²) < 4.78 is 10.6. The average Bonchev–Trinajstić information content (AvgIpc) is 3.50. The van der Waals surface area contributed by atoms with Crippen molar-refractivity contribution in [2.24, 2.45) is 5.92 Å². The van der Waals surface area contributed by atoms with E-state index in [1.54, 1.807) is 29.2 Å². The lowest BCUT2D eigenvalue weighted by molar-refractivity contribution is -0.135. The Morgan fingerprint density at radius 3 is 2.50 bits per heavy atom. The molecule has 1 aliphatic heterocycles. The van der Waals surface area contributed by atoms with Crippen LogP contribution >= 0.6 is 11.6 Å². The molecule has 1 atom stereocenters. The molecule has 3 aromatic rings. The van der Waals surface area contributed by atoms with E-state index in [2.05, 4.69) is 15.5 Å². The van der Waals surface area contributed by atoms with E-state index in [0.29, 0.717) is 42.7 Å². The molecule has 2 aromatic heterocycles. The summed E-state index contributed by atoms with van der Waals surface area (Å²) in [5.74, 6) is 0.836. The van der Waals surface area contributed by atoms with Gasteiger partial charge in [0.05, 0.1) is 6.26 Å². The van der Waals surface area contributed by atoms with Crippen molar-refractivity contribution in [2.45, 2.75) is 38.6 Å². The van der Waals surface area contributed by atoms with E-state index in [4.69, 9.17) is 20.5 Å². The van der Waals surface area contributed by atoms with E-state index in [1.165, 1.54) is 6.26 Å². The number of hydrogen-bond acceptors (Lipinski definition) is 6. The Bertz CT molecular complexity index is 1050. The van der Waals surface area contributed by atoms with E-state index < -0.39 is 11.9 Å². The molecule has 2 amide bonds. The first-order valence-electron chi connectivity index (χ1n) is 10.6. The van der Waals surface area contributed by atoms with Crippen LogP contribution in [0.1, 0.15) is 49.1 Å². The Balaban J connectivity index is 1.36. The van der Waals surface area contributed by atoms with Crippen molar-refractivity contribution in [3.8, 4) is 11.4 Å². The van der Waals surface area contributed by atoms with Crippen molar-refractivity contribution >= 4 is 23.4 Å². The molecular weight excluding hydrogens is 432 g/mol. The highest BCUT2D eigenvalue weighted by Gasteiger charge is 2.33. The number of piperidine rings is 1. The van der Waals surface area contributed by atoms with Gasteiger partial charge in [0.25, 0.3) is 5.91 Å². The van der Waals surface area contributed by atoms with Crippen LogP contribution in [-0.2, 0) is 4.79 Å². The highest BCUT2D eigenvalue weighted by molar-refractivity contribution is 6.30. The van der Waals surface area contributed by atoms with Gasteiger partial charge < -0.3 is 19.2 Å². The quantitative estimate of drug-likeness (QED) is 0.598. The Morgan fingerprint density at radius 1 is 1.16 bits per heavy atom. The molecule has 3 heterocycles. The topological polar surface area (TPSA) is 101 Å². The molecule has 0 aliphatic carbocycles. The zero-order valence-electron chi connectivity index (χ0n) is 18.0. The molecule has 1 N–H and O–H groups in total. The number of carbonyl (C=O) groups excluding carboxylic acids is 2. The van der Waals surface area contributed by atoms with Gasteiger partial charge in [0.15, 0.2) is 5.76 Å². The normalized spacial score (nSPS) is 15.7. The monoisotopic (exact) mass is 456 g/mol. The summed E-state index contributed by atoms with van der Waals surface area (Å²) in [5, 5.41) is 7.55. The standard InChI is InChI=1S/C23H25ClN4O4/c1-14(2)19(25-21(29)18-4-3-13-31-18)23(30)28-11-9-16(10-12-28)22-26-20(27-32-22)15-5-7-17(24)8-6-15/h3-8,13-14,16,19H,9-12H2,1-2H3,(H,25,29)/t19-/m0/s1. The van der Waals surface area contributed by atoms with Crippen LogP contribution in [0.2, 0.25) is 5.02 Å². The van der Waals surface area contributed by atoms with Crippen molar-refractivity contribution in [1.82, 2.24) is 20.4 Å². The van der Waals surface area contributed by atoms with Crippen molar-refractivity contribution in [3.63, 3.8) is 0 Å². The van der Waals surface area contributed by atoms with Crippen LogP contribution in [0.5, 0.6) is 0 Å². The number of furan rings is 1. The number of aromatic nitrogens is 2. The summed E-state index contributed by atoms with van der Waals surface area (Å²) in [7, 11) is 0. The van der Waals surface area contributed by atoms with Crippen LogP contribution in [-0.4, -0.2) is 46.0 Å². The number of nitrogens with one attached hydrogen (secondary N) is 1. The van der Waals surface area contributed by atoms with Gasteiger partial charge in [-0.3, -0.25) is 9.59 Å². The molecule has 4 rings (SSSR count).